The van der Waals surface area contributed by atoms with Gasteiger partial charge in [0.2, 0.25) is 0 Å². The van der Waals surface area contributed by atoms with Crippen LogP contribution < -0.4 is 5.73 Å². The third-order valence-electron chi connectivity index (χ3n) is 3.94. The second-order valence-corrected chi connectivity index (χ2v) is 7.08. The molecule has 0 saturated carbocycles. The predicted molar refractivity (Wildman–Crippen MR) is 85.0 cm³/mol. The van der Waals surface area contributed by atoms with Crippen molar-refractivity contribution in [2.24, 2.45) is 5.92 Å². The third kappa shape index (κ3) is 4.81. The van der Waals surface area contributed by atoms with E-state index in [2.05, 4.69) is 0 Å². The van der Waals surface area contributed by atoms with Gasteiger partial charge in [-0.15, -0.1) is 0 Å². The average Bonchev–Trinajstić information content (AvgIpc) is 2.43. The first-order chi connectivity index (χ1) is 10.7. The highest BCUT2D eigenvalue weighted by Gasteiger charge is 2.27. The van der Waals surface area contributed by atoms with Crippen molar-refractivity contribution in [3.05, 3.63) is 29.3 Å². The molecule has 0 spiro atoms. The number of carbonyl (C=O) groups is 1. The van der Waals surface area contributed by atoms with Crippen LogP contribution in [0.4, 0.5) is 19.3 Å². The van der Waals surface area contributed by atoms with Crippen LogP contribution in [-0.4, -0.2) is 29.7 Å². The molecule has 1 heterocycles. The maximum atomic E-state index is 13.8. The number of carbonyl (C=O) groups excluding carboxylic acids is 1. The SMILES string of the molecule is CC(C)(C)OC(=O)N1CCC(Cc2cc(F)c(N)cc2F)CC1. The van der Waals surface area contributed by atoms with Crippen molar-refractivity contribution >= 4 is 11.8 Å². The summed E-state index contributed by atoms with van der Waals surface area (Å²) in [5.41, 5.74) is 5.00. The molecule has 0 atom stereocenters. The molecule has 0 radical (unpaired) electrons. The number of likely N-dealkylation sites (tertiary alicyclic amines) is 1. The van der Waals surface area contributed by atoms with Crippen molar-refractivity contribution in [1.82, 2.24) is 4.90 Å². The Hall–Kier alpha value is -1.85. The van der Waals surface area contributed by atoms with Gasteiger partial charge in [-0.05, 0) is 57.6 Å². The Kier molecular flexibility index (Phi) is 5.12. The molecule has 6 heteroatoms. The molecule has 23 heavy (non-hydrogen) atoms. The second kappa shape index (κ2) is 6.72. The molecule has 0 bridgehead atoms. The standard InChI is InChI=1S/C17H24F2N2O2/c1-17(2,3)23-16(22)21-6-4-11(5-7-21)8-12-9-14(19)15(20)10-13(12)18/h9-11H,4-8,20H2,1-3H3. The number of benzene rings is 1. The molecular formula is C17H24F2N2O2. The lowest BCUT2D eigenvalue weighted by Gasteiger charge is -2.33. The van der Waals surface area contributed by atoms with Gasteiger partial charge in [0.1, 0.15) is 17.2 Å². The van der Waals surface area contributed by atoms with E-state index >= 15 is 0 Å². The third-order valence-corrected chi connectivity index (χ3v) is 3.94. The van der Waals surface area contributed by atoms with Crippen LogP contribution in [0.25, 0.3) is 0 Å². The summed E-state index contributed by atoms with van der Waals surface area (Å²) in [6.07, 6.45) is 1.61. The normalized spacial score (nSPS) is 16.5. The summed E-state index contributed by atoms with van der Waals surface area (Å²) < 4.78 is 32.7. The predicted octanol–water partition coefficient (Wildman–Crippen LogP) is 3.74. The quantitative estimate of drug-likeness (QED) is 0.842. The summed E-state index contributed by atoms with van der Waals surface area (Å²) in [6.45, 7) is 6.62. The molecule has 1 aliphatic rings. The van der Waals surface area contributed by atoms with E-state index in [9.17, 15) is 13.6 Å². The minimum absolute atomic E-state index is 0.175. The number of ether oxygens (including phenoxy) is 1. The van der Waals surface area contributed by atoms with E-state index in [1.54, 1.807) is 4.90 Å². The first kappa shape index (κ1) is 17.5. The largest absolute Gasteiger partial charge is 0.444 e. The minimum Gasteiger partial charge on any atom is -0.444 e. The Bertz CT molecular complexity index is 577. The summed E-state index contributed by atoms with van der Waals surface area (Å²) in [4.78, 5) is 13.7. The lowest BCUT2D eigenvalue weighted by Crippen LogP contribution is -2.42. The van der Waals surface area contributed by atoms with Crippen LogP contribution in [0, 0.1) is 17.6 Å². The summed E-state index contributed by atoms with van der Waals surface area (Å²) in [5, 5.41) is 0. The number of piperidine rings is 1. The Balaban J connectivity index is 1.90. The number of nitrogens with zero attached hydrogens (tertiary/aromatic N) is 1. The van der Waals surface area contributed by atoms with Crippen LogP contribution in [0.5, 0.6) is 0 Å². The molecule has 1 saturated heterocycles. The van der Waals surface area contributed by atoms with Gasteiger partial charge in [0, 0.05) is 19.2 Å². The lowest BCUT2D eigenvalue weighted by atomic mass is 9.90. The van der Waals surface area contributed by atoms with Crippen LogP contribution in [0.15, 0.2) is 12.1 Å². The van der Waals surface area contributed by atoms with Crippen molar-refractivity contribution in [1.29, 1.82) is 0 Å². The van der Waals surface area contributed by atoms with E-state index in [1.807, 2.05) is 20.8 Å². The average molecular weight is 326 g/mol. The molecular weight excluding hydrogens is 302 g/mol. The molecule has 2 rings (SSSR count). The minimum atomic E-state index is -0.590. The zero-order valence-corrected chi connectivity index (χ0v) is 13.9. The molecule has 1 aliphatic heterocycles. The summed E-state index contributed by atoms with van der Waals surface area (Å²) in [6, 6.07) is 2.20. The van der Waals surface area contributed by atoms with Crippen molar-refractivity contribution in [3.63, 3.8) is 0 Å². The number of nitrogens with two attached hydrogens (primary N) is 1. The maximum Gasteiger partial charge on any atom is 0.410 e. The van der Waals surface area contributed by atoms with Crippen LogP contribution in [0.3, 0.4) is 0 Å². The summed E-state index contributed by atoms with van der Waals surface area (Å²) >= 11 is 0. The number of halogens is 2. The van der Waals surface area contributed by atoms with Gasteiger partial charge >= 0.3 is 6.09 Å². The maximum absolute atomic E-state index is 13.8. The molecule has 128 valence electrons. The zero-order chi connectivity index (χ0) is 17.2. The van der Waals surface area contributed by atoms with Gasteiger partial charge in [-0.2, -0.15) is 0 Å². The van der Waals surface area contributed by atoms with Gasteiger partial charge in [-0.25, -0.2) is 13.6 Å². The molecule has 2 N–H and O–H groups in total. The number of nitrogen functional groups attached to an aromatic ring is 1. The topological polar surface area (TPSA) is 55.6 Å². The van der Waals surface area contributed by atoms with E-state index in [4.69, 9.17) is 10.5 Å². The van der Waals surface area contributed by atoms with Gasteiger partial charge in [-0.1, -0.05) is 0 Å². The Labute approximate surface area is 135 Å². The van der Waals surface area contributed by atoms with E-state index in [-0.39, 0.29) is 17.7 Å². The first-order valence-electron chi connectivity index (χ1n) is 7.87. The molecule has 0 aromatic heterocycles. The Morgan fingerprint density at radius 2 is 1.87 bits per heavy atom. The van der Waals surface area contributed by atoms with Crippen molar-refractivity contribution in [2.75, 3.05) is 18.8 Å². The summed E-state index contributed by atoms with van der Waals surface area (Å²) in [7, 11) is 0. The summed E-state index contributed by atoms with van der Waals surface area (Å²) in [5.74, 6) is -0.850. The molecule has 4 nitrogen and oxygen atoms in total. The van der Waals surface area contributed by atoms with Crippen molar-refractivity contribution in [3.8, 4) is 0 Å². The first-order valence-corrected chi connectivity index (χ1v) is 7.87. The van der Waals surface area contributed by atoms with Crippen LogP contribution >= 0.6 is 0 Å². The van der Waals surface area contributed by atoms with E-state index < -0.39 is 17.2 Å². The van der Waals surface area contributed by atoms with Crippen molar-refractivity contribution in [2.45, 2.75) is 45.6 Å². The number of hydrogen-bond acceptors (Lipinski definition) is 3. The smallest absolute Gasteiger partial charge is 0.410 e. The van der Waals surface area contributed by atoms with E-state index in [0.29, 0.717) is 25.1 Å². The fourth-order valence-electron chi connectivity index (χ4n) is 2.72. The highest BCUT2D eigenvalue weighted by Crippen LogP contribution is 2.26. The van der Waals surface area contributed by atoms with Crippen LogP contribution in [0.1, 0.15) is 39.2 Å². The van der Waals surface area contributed by atoms with E-state index in [1.165, 1.54) is 6.07 Å². The Morgan fingerprint density at radius 1 is 1.26 bits per heavy atom. The van der Waals surface area contributed by atoms with Gasteiger partial charge in [0.15, 0.2) is 0 Å². The fourth-order valence-corrected chi connectivity index (χ4v) is 2.72. The van der Waals surface area contributed by atoms with Gasteiger partial charge in [0.05, 0.1) is 5.69 Å². The number of rotatable bonds is 2. The molecule has 1 aromatic carbocycles. The lowest BCUT2D eigenvalue weighted by molar-refractivity contribution is 0.0184. The highest BCUT2D eigenvalue weighted by atomic mass is 19.1. The molecule has 1 amide bonds. The molecule has 0 aliphatic carbocycles. The monoisotopic (exact) mass is 326 g/mol. The second-order valence-electron chi connectivity index (χ2n) is 7.08. The van der Waals surface area contributed by atoms with Gasteiger partial charge in [0.25, 0.3) is 0 Å². The Morgan fingerprint density at radius 3 is 2.43 bits per heavy atom. The van der Waals surface area contributed by atoms with E-state index in [0.717, 1.165) is 18.9 Å². The molecule has 1 fully saturated rings. The highest BCUT2D eigenvalue weighted by molar-refractivity contribution is 5.68. The zero-order valence-electron chi connectivity index (χ0n) is 13.9. The van der Waals surface area contributed by atoms with Gasteiger partial charge in [-0.3, -0.25) is 0 Å². The fraction of sp³-hybridized carbons (Fsp3) is 0.588. The number of anilines is 1. The molecule has 1 aromatic rings. The van der Waals surface area contributed by atoms with Crippen LogP contribution in [-0.2, 0) is 11.2 Å². The van der Waals surface area contributed by atoms with Crippen LogP contribution in [0.2, 0.25) is 0 Å². The number of hydrogen-bond donors (Lipinski definition) is 1. The van der Waals surface area contributed by atoms with Gasteiger partial charge < -0.3 is 15.4 Å². The van der Waals surface area contributed by atoms with Crippen molar-refractivity contribution < 1.29 is 18.3 Å². The molecule has 0 unspecified atom stereocenters. The number of amides is 1.